The first-order valence-electron chi connectivity index (χ1n) is 3.99. The Morgan fingerprint density at radius 2 is 2.25 bits per heavy atom. The van der Waals surface area contributed by atoms with Crippen LogP contribution in [0.4, 0.5) is 10.2 Å². The van der Waals surface area contributed by atoms with Gasteiger partial charge >= 0.3 is 0 Å². The maximum Gasteiger partial charge on any atom is 0.141 e. The maximum absolute atomic E-state index is 12.7. The first-order valence-corrected chi connectivity index (χ1v) is 3.99. The Kier molecular flexibility index (Phi) is 2.63. The lowest BCUT2D eigenvalue weighted by Crippen LogP contribution is -2.02. The van der Waals surface area contributed by atoms with Crippen LogP contribution in [0.1, 0.15) is 19.4 Å². The number of rotatable bonds is 2. The van der Waals surface area contributed by atoms with Gasteiger partial charge in [0.05, 0.1) is 6.20 Å². The van der Waals surface area contributed by atoms with E-state index in [4.69, 9.17) is 5.73 Å². The molecule has 0 saturated heterocycles. The van der Waals surface area contributed by atoms with Gasteiger partial charge in [-0.1, -0.05) is 13.8 Å². The van der Waals surface area contributed by atoms with Crippen molar-refractivity contribution in [2.45, 2.75) is 20.3 Å². The van der Waals surface area contributed by atoms with Crippen molar-refractivity contribution in [3.8, 4) is 0 Å². The molecule has 0 aliphatic heterocycles. The second kappa shape index (κ2) is 3.52. The molecule has 0 bridgehead atoms. The largest absolute Gasteiger partial charge is 0.383 e. The third kappa shape index (κ3) is 2.19. The van der Waals surface area contributed by atoms with Crippen molar-refractivity contribution in [3.05, 3.63) is 23.6 Å². The Morgan fingerprint density at radius 3 is 2.83 bits per heavy atom. The number of hydrogen-bond donors (Lipinski definition) is 1. The molecule has 3 heteroatoms. The van der Waals surface area contributed by atoms with Crippen LogP contribution in [0.15, 0.2) is 12.3 Å². The molecule has 1 heterocycles. The van der Waals surface area contributed by atoms with Gasteiger partial charge in [-0.3, -0.25) is 0 Å². The standard InChI is InChI=1S/C9H13FN2/c1-6(2)3-7-4-8(10)5-12-9(7)11/h4-6H,3H2,1-2H3,(H2,11,12). The second-order valence-corrected chi connectivity index (χ2v) is 3.30. The van der Waals surface area contributed by atoms with E-state index < -0.39 is 0 Å². The van der Waals surface area contributed by atoms with E-state index in [1.54, 1.807) is 0 Å². The van der Waals surface area contributed by atoms with Crippen LogP contribution < -0.4 is 5.73 Å². The zero-order valence-corrected chi connectivity index (χ0v) is 7.34. The van der Waals surface area contributed by atoms with Crippen LogP contribution in [0, 0.1) is 11.7 Å². The van der Waals surface area contributed by atoms with E-state index in [0.29, 0.717) is 11.7 Å². The van der Waals surface area contributed by atoms with E-state index in [1.807, 2.05) is 0 Å². The van der Waals surface area contributed by atoms with Gasteiger partial charge in [-0.25, -0.2) is 9.37 Å². The van der Waals surface area contributed by atoms with Gasteiger partial charge in [0.25, 0.3) is 0 Å². The van der Waals surface area contributed by atoms with Crippen LogP contribution >= 0.6 is 0 Å². The Morgan fingerprint density at radius 1 is 1.58 bits per heavy atom. The third-order valence-corrected chi connectivity index (χ3v) is 1.60. The summed E-state index contributed by atoms with van der Waals surface area (Å²) in [4.78, 5) is 3.73. The normalized spacial score (nSPS) is 10.7. The van der Waals surface area contributed by atoms with Crippen LogP contribution in [-0.2, 0) is 6.42 Å². The highest BCUT2D eigenvalue weighted by Crippen LogP contribution is 2.14. The summed E-state index contributed by atoms with van der Waals surface area (Å²) < 4.78 is 12.7. The van der Waals surface area contributed by atoms with Crippen LogP contribution in [-0.4, -0.2) is 4.98 Å². The van der Waals surface area contributed by atoms with E-state index in [2.05, 4.69) is 18.8 Å². The van der Waals surface area contributed by atoms with Crippen molar-refractivity contribution < 1.29 is 4.39 Å². The fourth-order valence-corrected chi connectivity index (χ4v) is 1.10. The van der Waals surface area contributed by atoms with Crippen molar-refractivity contribution in [1.29, 1.82) is 0 Å². The first-order chi connectivity index (χ1) is 5.59. The third-order valence-electron chi connectivity index (χ3n) is 1.60. The van der Waals surface area contributed by atoms with Crippen LogP contribution in [0.5, 0.6) is 0 Å². The van der Waals surface area contributed by atoms with Gasteiger partial charge in [-0.15, -0.1) is 0 Å². The lowest BCUT2D eigenvalue weighted by molar-refractivity contribution is 0.607. The molecule has 0 amide bonds. The Balaban J connectivity index is 2.90. The number of anilines is 1. The molecule has 0 saturated carbocycles. The Bertz CT molecular complexity index is 271. The van der Waals surface area contributed by atoms with Crippen molar-refractivity contribution in [2.24, 2.45) is 5.92 Å². The molecule has 0 spiro atoms. The zero-order valence-electron chi connectivity index (χ0n) is 7.34. The average molecular weight is 168 g/mol. The first kappa shape index (κ1) is 8.97. The highest BCUT2D eigenvalue weighted by molar-refractivity contribution is 5.38. The summed E-state index contributed by atoms with van der Waals surface area (Å²) in [5.41, 5.74) is 6.36. The van der Waals surface area contributed by atoms with E-state index in [-0.39, 0.29) is 5.82 Å². The Hall–Kier alpha value is -1.12. The molecule has 1 aromatic heterocycles. The fourth-order valence-electron chi connectivity index (χ4n) is 1.10. The minimum Gasteiger partial charge on any atom is -0.383 e. The average Bonchev–Trinajstić information content (AvgIpc) is 1.96. The summed E-state index contributed by atoms with van der Waals surface area (Å²) in [7, 11) is 0. The molecule has 0 radical (unpaired) electrons. The number of nitrogens with two attached hydrogens (primary N) is 1. The lowest BCUT2D eigenvalue weighted by atomic mass is 10.0. The molecule has 66 valence electrons. The van der Waals surface area contributed by atoms with Gasteiger partial charge in [-0.2, -0.15) is 0 Å². The SMILES string of the molecule is CC(C)Cc1cc(F)cnc1N. The molecule has 0 aliphatic rings. The maximum atomic E-state index is 12.7. The zero-order chi connectivity index (χ0) is 9.14. The van der Waals surface area contributed by atoms with Gasteiger partial charge in [0.15, 0.2) is 0 Å². The molecule has 1 aromatic rings. The second-order valence-electron chi connectivity index (χ2n) is 3.30. The molecule has 0 atom stereocenters. The van der Waals surface area contributed by atoms with Gasteiger partial charge in [0.2, 0.25) is 0 Å². The summed E-state index contributed by atoms with van der Waals surface area (Å²) in [6, 6.07) is 1.45. The molecule has 0 aliphatic carbocycles. The summed E-state index contributed by atoms with van der Waals surface area (Å²) in [6.45, 7) is 4.12. The minimum atomic E-state index is -0.320. The number of nitrogen functional groups attached to an aromatic ring is 1. The lowest BCUT2D eigenvalue weighted by Gasteiger charge is -2.06. The monoisotopic (exact) mass is 168 g/mol. The van der Waals surface area contributed by atoms with Gasteiger partial charge in [-0.05, 0) is 24.0 Å². The highest BCUT2D eigenvalue weighted by atomic mass is 19.1. The Labute approximate surface area is 71.6 Å². The van der Waals surface area contributed by atoms with Gasteiger partial charge in [0.1, 0.15) is 11.6 Å². The van der Waals surface area contributed by atoms with Gasteiger partial charge in [0, 0.05) is 0 Å². The van der Waals surface area contributed by atoms with Crippen molar-refractivity contribution in [3.63, 3.8) is 0 Å². The molecule has 2 nitrogen and oxygen atoms in total. The molecule has 1 rings (SSSR count). The van der Waals surface area contributed by atoms with E-state index >= 15 is 0 Å². The molecule has 12 heavy (non-hydrogen) atoms. The molecule has 0 unspecified atom stereocenters. The van der Waals surface area contributed by atoms with Crippen LogP contribution in [0.2, 0.25) is 0 Å². The number of halogens is 1. The predicted octanol–water partition coefficient (Wildman–Crippen LogP) is 2.00. The van der Waals surface area contributed by atoms with Crippen LogP contribution in [0.3, 0.4) is 0 Å². The molecule has 0 aromatic carbocycles. The summed E-state index contributed by atoms with van der Waals surface area (Å²) in [6.07, 6.45) is 1.91. The quantitative estimate of drug-likeness (QED) is 0.733. The fraction of sp³-hybridized carbons (Fsp3) is 0.444. The highest BCUT2D eigenvalue weighted by Gasteiger charge is 2.04. The smallest absolute Gasteiger partial charge is 0.141 e. The number of pyridine rings is 1. The number of nitrogens with zero attached hydrogens (tertiary/aromatic N) is 1. The summed E-state index contributed by atoms with van der Waals surface area (Å²) >= 11 is 0. The van der Waals surface area contributed by atoms with Crippen molar-refractivity contribution in [2.75, 3.05) is 5.73 Å². The van der Waals surface area contributed by atoms with E-state index in [1.165, 1.54) is 6.07 Å². The van der Waals surface area contributed by atoms with Crippen LogP contribution in [0.25, 0.3) is 0 Å². The summed E-state index contributed by atoms with van der Waals surface area (Å²) in [5.74, 6) is 0.584. The topological polar surface area (TPSA) is 38.9 Å². The molecular formula is C9H13FN2. The molecule has 0 fully saturated rings. The molecular weight excluding hydrogens is 155 g/mol. The summed E-state index contributed by atoms with van der Waals surface area (Å²) in [5, 5.41) is 0. The predicted molar refractivity (Wildman–Crippen MR) is 47.1 cm³/mol. The minimum absolute atomic E-state index is 0.320. The number of hydrogen-bond acceptors (Lipinski definition) is 2. The van der Waals surface area contributed by atoms with E-state index in [9.17, 15) is 4.39 Å². The molecule has 2 N–H and O–H groups in total. The number of aromatic nitrogens is 1. The van der Waals surface area contributed by atoms with E-state index in [0.717, 1.165) is 18.2 Å². The van der Waals surface area contributed by atoms with Crippen molar-refractivity contribution in [1.82, 2.24) is 4.98 Å². The van der Waals surface area contributed by atoms with Crippen molar-refractivity contribution >= 4 is 5.82 Å². The van der Waals surface area contributed by atoms with Gasteiger partial charge < -0.3 is 5.73 Å².